The third-order valence-electron chi connectivity index (χ3n) is 2.60. The Morgan fingerprint density at radius 2 is 2.12 bits per heavy atom. The minimum Gasteiger partial charge on any atom is -0.486 e. The monoisotopic (exact) mass is 235 g/mol. The number of benzene rings is 1. The average Bonchev–Trinajstić information content (AvgIpc) is 2.53. The molecule has 90 valence electrons. The number of anilines is 1. The van der Waals surface area contributed by atoms with Crippen LogP contribution in [0, 0.1) is 12.7 Å². The van der Waals surface area contributed by atoms with Crippen LogP contribution in [0.4, 0.5) is 10.2 Å². The van der Waals surface area contributed by atoms with E-state index in [-0.39, 0.29) is 18.2 Å². The van der Waals surface area contributed by atoms with Crippen molar-refractivity contribution >= 4 is 5.82 Å². The van der Waals surface area contributed by atoms with Crippen LogP contribution in [0.5, 0.6) is 5.75 Å². The second-order valence-corrected chi connectivity index (χ2v) is 3.79. The van der Waals surface area contributed by atoms with Crippen molar-refractivity contribution < 1.29 is 9.13 Å². The van der Waals surface area contributed by atoms with Crippen LogP contribution in [-0.4, -0.2) is 9.78 Å². The fraction of sp³-hybridized carbons (Fsp3) is 0.250. The number of nitrogen functional groups attached to an aromatic ring is 1. The summed E-state index contributed by atoms with van der Waals surface area (Å²) in [5, 5.41) is 4.16. The standard InChI is InChI=1S/C12H14FN3O/c1-8-9(12(14)16(2)15-8)7-17-11-6-4-3-5-10(11)13/h3-6H,7,14H2,1-2H3. The van der Waals surface area contributed by atoms with Gasteiger partial charge in [0.1, 0.15) is 12.4 Å². The van der Waals surface area contributed by atoms with Gasteiger partial charge < -0.3 is 10.5 Å². The molecule has 1 aromatic heterocycles. The fourth-order valence-corrected chi connectivity index (χ4v) is 1.61. The van der Waals surface area contributed by atoms with E-state index in [0.29, 0.717) is 5.82 Å². The summed E-state index contributed by atoms with van der Waals surface area (Å²) in [5.74, 6) is 0.376. The van der Waals surface area contributed by atoms with Gasteiger partial charge in [-0.2, -0.15) is 5.10 Å². The van der Waals surface area contributed by atoms with Crippen molar-refractivity contribution in [3.8, 4) is 5.75 Å². The number of hydrogen-bond acceptors (Lipinski definition) is 3. The molecule has 0 radical (unpaired) electrons. The highest BCUT2D eigenvalue weighted by molar-refractivity contribution is 5.42. The Balaban J connectivity index is 2.15. The van der Waals surface area contributed by atoms with Crippen molar-refractivity contribution in [2.24, 2.45) is 7.05 Å². The lowest BCUT2D eigenvalue weighted by Crippen LogP contribution is -2.03. The molecule has 0 saturated heterocycles. The van der Waals surface area contributed by atoms with Crippen LogP contribution in [0.1, 0.15) is 11.3 Å². The smallest absolute Gasteiger partial charge is 0.165 e. The van der Waals surface area contributed by atoms with Crippen molar-refractivity contribution in [1.29, 1.82) is 0 Å². The quantitative estimate of drug-likeness (QED) is 0.885. The van der Waals surface area contributed by atoms with Crippen molar-refractivity contribution in [3.63, 3.8) is 0 Å². The number of para-hydroxylation sites is 1. The predicted octanol–water partition coefficient (Wildman–Crippen LogP) is 2.03. The van der Waals surface area contributed by atoms with E-state index in [1.165, 1.54) is 6.07 Å². The summed E-state index contributed by atoms with van der Waals surface area (Å²) in [6, 6.07) is 6.27. The molecule has 5 heteroatoms. The van der Waals surface area contributed by atoms with Gasteiger partial charge in [0.2, 0.25) is 0 Å². The number of halogens is 1. The summed E-state index contributed by atoms with van der Waals surface area (Å²) in [5.41, 5.74) is 7.41. The Hall–Kier alpha value is -2.04. The Morgan fingerprint density at radius 1 is 1.41 bits per heavy atom. The molecular weight excluding hydrogens is 221 g/mol. The van der Waals surface area contributed by atoms with Gasteiger partial charge in [0.15, 0.2) is 11.6 Å². The first kappa shape index (κ1) is 11.4. The number of ether oxygens (including phenoxy) is 1. The summed E-state index contributed by atoms with van der Waals surface area (Å²) in [4.78, 5) is 0. The lowest BCUT2D eigenvalue weighted by Gasteiger charge is -2.07. The van der Waals surface area contributed by atoms with E-state index >= 15 is 0 Å². The molecule has 0 saturated carbocycles. The van der Waals surface area contributed by atoms with E-state index in [0.717, 1.165) is 11.3 Å². The average molecular weight is 235 g/mol. The highest BCUT2D eigenvalue weighted by Gasteiger charge is 2.11. The molecule has 17 heavy (non-hydrogen) atoms. The zero-order valence-corrected chi connectivity index (χ0v) is 9.77. The summed E-state index contributed by atoms with van der Waals surface area (Å²) in [7, 11) is 1.76. The minimum atomic E-state index is -0.382. The Morgan fingerprint density at radius 3 is 2.71 bits per heavy atom. The second kappa shape index (κ2) is 4.45. The van der Waals surface area contributed by atoms with Gasteiger partial charge in [-0.1, -0.05) is 12.1 Å². The molecule has 0 aliphatic rings. The largest absolute Gasteiger partial charge is 0.486 e. The van der Waals surface area contributed by atoms with Gasteiger partial charge >= 0.3 is 0 Å². The third kappa shape index (κ3) is 2.22. The number of aryl methyl sites for hydroxylation is 2. The second-order valence-electron chi connectivity index (χ2n) is 3.79. The highest BCUT2D eigenvalue weighted by Crippen LogP contribution is 2.20. The van der Waals surface area contributed by atoms with E-state index in [2.05, 4.69) is 5.10 Å². The highest BCUT2D eigenvalue weighted by atomic mass is 19.1. The Bertz CT molecular complexity index is 537. The lowest BCUT2D eigenvalue weighted by molar-refractivity contribution is 0.290. The van der Waals surface area contributed by atoms with Crippen molar-refractivity contribution in [2.45, 2.75) is 13.5 Å². The molecule has 0 atom stereocenters. The fourth-order valence-electron chi connectivity index (χ4n) is 1.61. The molecule has 2 N–H and O–H groups in total. The van der Waals surface area contributed by atoms with Gasteiger partial charge in [-0.15, -0.1) is 0 Å². The van der Waals surface area contributed by atoms with Crippen LogP contribution >= 0.6 is 0 Å². The molecule has 0 aliphatic heterocycles. The van der Waals surface area contributed by atoms with E-state index < -0.39 is 0 Å². The maximum Gasteiger partial charge on any atom is 0.165 e. The van der Waals surface area contributed by atoms with Crippen LogP contribution in [0.25, 0.3) is 0 Å². The lowest BCUT2D eigenvalue weighted by atomic mass is 10.2. The molecule has 0 bridgehead atoms. The van der Waals surface area contributed by atoms with Gasteiger partial charge in [-0.05, 0) is 19.1 Å². The third-order valence-corrected chi connectivity index (χ3v) is 2.60. The summed E-state index contributed by atoms with van der Waals surface area (Å²) >= 11 is 0. The van der Waals surface area contributed by atoms with Gasteiger partial charge in [0.25, 0.3) is 0 Å². The van der Waals surface area contributed by atoms with Crippen LogP contribution in [0.15, 0.2) is 24.3 Å². The first-order valence-electron chi connectivity index (χ1n) is 5.25. The van der Waals surface area contributed by atoms with E-state index in [4.69, 9.17) is 10.5 Å². The molecule has 1 aromatic carbocycles. The Labute approximate surface area is 98.8 Å². The van der Waals surface area contributed by atoms with Crippen molar-refractivity contribution in [2.75, 3.05) is 5.73 Å². The normalized spacial score (nSPS) is 10.5. The summed E-state index contributed by atoms with van der Waals surface area (Å²) in [6.07, 6.45) is 0. The van der Waals surface area contributed by atoms with Crippen LogP contribution < -0.4 is 10.5 Å². The zero-order valence-electron chi connectivity index (χ0n) is 9.77. The molecule has 0 spiro atoms. The van der Waals surface area contributed by atoms with E-state index in [9.17, 15) is 4.39 Å². The van der Waals surface area contributed by atoms with Crippen LogP contribution in [0.2, 0.25) is 0 Å². The number of hydrogen-bond donors (Lipinski definition) is 1. The number of nitrogens with zero attached hydrogens (tertiary/aromatic N) is 2. The molecule has 1 heterocycles. The Kier molecular flexibility index (Phi) is 2.99. The molecule has 0 unspecified atom stereocenters. The first-order valence-corrected chi connectivity index (χ1v) is 5.25. The molecule has 2 aromatic rings. The predicted molar refractivity (Wildman–Crippen MR) is 63.1 cm³/mol. The number of nitrogens with two attached hydrogens (primary N) is 1. The van der Waals surface area contributed by atoms with Gasteiger partial charge in [0, 0.05) is 7.05 Å². The maximum absolute atomic E-state index is 13.3. The van der Waals surface area contributed by atoms with E-state index in [1.807, 2.05) is 6.92 Å². The summed E-state index contributed by atoms with van der Waals surface area (Å²) < 4.78 is 20.3. The van der Waals surface area contributed by atoms with Gasteiger partial charge in [-0.3, -0.25) is 4.68 Å². The molecule has 0 aliphatic carbocycles. The van der Waals surface area contributed by atoms with Crippen molar-refractivity contribution in [1.82, 2.24) is 9.78 Å². The molecular formula is C12H14FN3O. The summed E-state index contributed by atoms with van der Waals surface area (Å²) in [6.45, 7) is 2.06. The molecule has 2 rings (SSSR count). The van der Waals surface area contributed by atoms with Gasteiger partial charge in [0.05, 0.1) is 11.3 Å². The van der Waals surface area contributed by atoms with Crippen molar-refractivity contribution in [3.05, 3.63) is 41.3 Å². The molecule has 0 fully saturated rings. The SMILES string of the molecule is Cc1nn(C)c(N)c1COc1ccccc1F. The zero-order chi connectivity index (χ0) is 12.4. The number of rotatable bonds is 3. The minimum absolute atomic E-state index is 0.215. The topological polar surface area (TPSA) is 53.1 Å². The van der Waals surface area contributed by atoms with Crippen LogP contribution in [0.3, 0.4) is 0 Å². The maximum atomic E-state index is 13.3. The first-order chi connectivity index (χ1) is 8.09. The molecule has 4 nitrogen and oxygen atoms in total. The van der Waals surface area contributed by atoms with Crippen LogP contribution in [-0.2, 0) is 13.7 Å². The van der Waals surface area contributed by atoms with Gasteiger partial charge in [-0.25, -0.2) is 4.39 Å². The number of aromatic nitrogens is 2. The molecule has 0 amide bonds. The van der Waals surface area contributed by atoms with E-state index in [1.54, 1.807) is 29.9 Å².